The zero-order chi connectivity index (χ0) is 5.70. The molecule has 0 aromatic heterocycles. The SMILES string of the molecule is CCNN[SH](=O)=O. The summed E-state index contributed by atoms with van der Waals surface area (Å²) < 4.78 is 19.2. The molecule has 0 fully saturated rings. The van der Waals surface area contributed by atoms with Gasteiger partial charge in [-0.05, 0) is 0 Å². The van der Waals surface area contributed by atoms with Crippen molar-refractivity contribution in [2.75, 3.05) is 6.54 Å². The Hall–Kier alpha value is -0.130. The standard InChI is InChI=1S/C2H8N2O2S/c1-2-3-4-7(5)6/h3,7H,2H2,1H3,(H,4,5,6). The average Bonchev–Trinajstić information content (AvgIpc) is 1.61. The molecule has 0 aliphatic carbocycles. The molecule has 0 unspecified atom stereocenters. The number of hydrazine groups is 1. The summed E-state index contributed by atoms with van der Waals surface area (Å²) >= 11 is 0. The molecule has 4 nitrogen and oxygen atoms in total. The molecule has 0 aromatic rings. The Balaban J connectivity index is 2.98. The smallest absolute Gasteiger partial charge is 0.214 e. The van der Waals surface area contributed by atoms with Crippen LogP contribution in [0.2, 0.25) is 0 Å². The molecule has 0 amide bonds. The Morgan fingerprint density at radius 1 is 1.57 bits per heavy atom. The Kier molecular flexibility index (Phi) is 3.97. The first-order valence-corrected chi connectivity index (χ1v) is 3.08. The first-order chi connectivity index (χ1) is 3.27. The van der Waals surface area contributed by atoms with Crippen LogP contribution < -0.4 is 10.3 Å². The number of thiol groups is 1. The van der Waals surface area contributed by atoms with Gasteiger partial charge in [0.2, 0.25) is 10.9 Å². The van der Waals surface area contributed by atoms with Gasteiger partial charge in [0.25, 0.3) is 0 Å². The summed E-state index contributed by atoms with van der Waals surface area (Å²) in [5.74, 6) is 0. The Morgan fingerprint density at radius 2 is 2.14 bits per heavy atom. The quantitative estimate of drug-likeness (QED) is 0.321. The normalized spacial score (nSPS) is 10.0. The Labute approximate surface area is 44.0 Å². The van der Waals surface area contributed by atoms with Crippen molar-refractivity contribution in [2.24, 2.45) is 0 Å². The number of rotatable bonds is 3. The molecule has 0 saturated heterocycles. The molecule has 0 saturated carbocycles. The van der Waals surface area contributed by atoms with Gasteiger partial charge in [0, 0.05) is 6.54 Å². The van der Waals surface area contributed by atoms with Crippen LogP contribution >= 0.6 is 0 Å². The number of hydrogen-bond donors (Lipinski definition) is 3. The van der Waals surface area contributed by atoms with Gasteiger partial charge in [-0.2, -0.15) is 4.83 Å². The molecule has 5 heteroatoms. The van der Waals surface area contributed by atoms with E-state index in [0.717, 1.165) is 0 Å². The minimum absolute atomic E-state index is 0.601. The van der Waals surface area contributed by atoms with Crippen molar-refractivity contribution >= 4 is 10.9 Å². The van der Waals surface area contributed by atoms with E-state index < -0.39 is 10.9 Å². The van der Waals surface area contributed by atoms with E-state index in [1.54, 1.807) is 6.92 Å². The van der Waals surface area contributed by atoms with Crippen LogP contribution in [0.4, 0.5) is 0 Å². The lowest BCUT2D eigenvalue weighted by Crippen LogP contribution is -2.29. The molecular formula is C2H8N2O2S. The molecular weight excluding hydrogens is 116 g/mol. The molecule has 0 aliphatic heterocycles. The fourth-order valence-electron chi connectivity index (χ4n) is 0.144. The van der Waals surface area contributed by atoms with Crippen LogP contribution in [-0.4, -0.2) is 15.0 Å². The fraction of sp³-hybridized carbons (Fsp3) is 1.00. The minimum Gasteiger partial charge on any atom is -0.245 e. The molecule has 7 heavy (non-hydrogen) atoms. The number of hydrogen-bond acceptors (Lipinski definition) is 3. The van der Waals surface area contributed by atoms with Crippen LogP contribution in [0.5, 0.6) is 0 Å². The van der Waals surface area contributed by atoms with Crippen molar-refractivity contribution < 1.29 is 8.42 Å². The highest BCUT2D eigenvalue weighted by Crippen LogP contribution is 1.44. The average molecular weight is 124 g/mol. The summed E-state index contributed by atoms with van der Waals surface area (Å²) in [6.07, 6.45) is 0. The van der Waals surface area contributed by atoms with Crippen LogP contribution in [0.3, 0.4) is 0 Å². The van der Waals surface area contributed by atoms with Crippen molar-refractivity contribution in [2.45, 2.75) is 6.92 Å². The lowest BCUT2D eigenvalue weighted by atomic mass is 10.8. The van der Waals surface area contributed by atoms with Gasteiger partial charge in [0.15, 0.2) is 0 Å². The van der Waals surface area contributed by atoms with E-state index in [0.29, 0.717) is 6.54 Å². The van der Waals surface area contributed by atoms with Crippen molar-refractivity contribution in [1.29, 1.82) is 0 Å². The third-order valence-corrected chi connectivity index (χ3v) is 0.688. The van der Waals surface area contributed by atoms with Crippen molar-refractivity contribution in [3.05, 3.63) is 0 Å². The fourth-order valence-corrected chi connectivity index (χ4v) is 0.431. The highest BCUT2D eigenvalue weighted by molar-refractivity contribution is 7.70. The second kappa shape index (κ2) is 4.04. The van der Waals surface area contributed by atoms with Gasteiger partial charge in [-0.15, -0.1) is 0 Å². The van der Waals surface area contributed by atoms with Gasteiger partial charge in [-0.25, -0.2) is 13.8 Å². The Morgan fingerprint density at radius 3 is 2.29 bits per heavy atom. The number of nitrogens with one attached hydrogen (secondary N) is 2. The summed E-state index contributed by atoms with van der Waals surface area (Å²) in [6.45, 7) is 2.40. The summed E-state index contributed by atoms with van der Waals surface area (Å²) in [5.41, 5.74) is 2.40. The van der Waals surface area contributed by atoms with Gasteiger partial charge >= 0.3 is 0 Å². The minimum atomic E-state index is -2.47. The first kappa shape index (κ1) is 6.87. The van der Waals surface area contributed by atoms with Crippen LogP contribution in [0.1, 0.15) is 6.92 Å². The maximum atomic E-state index is 9.62. The Bertz CT molecular complexity index is 91.9. The highest BCUT2D eigenvalue weighted by Gasteiger charge is 1.74. The van der Waals surface area contributed by atoms with Crippen LogP contribution in [0.15, 0.2) is 0 Å². The van der Waals surface area contributed by atoms with Gasteiger partial charge in [-0.1, -0.05) is 6.92 Å². The highest BCUT2D eigenvalue weighted by atomic mass is 32.2. The predicted octanol–water partition coefficient (Wildman–Crippen LogP) is -1.37. The van der Waals surface area contributed by atoms with Crippen LogP contribution in [-0.2, 0) is 10.9 Å². The third-order valence-electron chi connectivity index (χ3n) is 0.347. The second-order valence-electron chi connectivity index (χ2n) is 0.899. The molecule has 0 radical (unpaired) electrons. The van der Waals surface area contributed by atoms with Crippen LogP contribution in [0.25, 0.3) is 0 Å². The third kappa shape index (κ3) is 5.87. The van der Waals surface area contributed by atoms with Crippen molar-refractivity contribution in [1.82, 2.24) is 10.3 Å². The molecule has 44 valence electrons. The van der Waals surface area contributed by atoms with Crippen molar-refractivity contribution in [3.8, 4) is 0 Å². The molecule has 0 heterocycles. The van der Waals surface area contributed by atoms with Gasteiger partial charge in [0.05, 0.1) is 0 Å². The van der Waals surface area contributed by atoms with E-state index in [9.17, 15) is 8.42 Å². The zero-order valence-electron chi connectivity index (χ0n) is 3.97. The molecule has 0 atom stereocenters. The molecule has 0 spiro atoms. The van der Waals surface area contributed by atoms with Crippen molar-refractivity contribution in [3.63, 3.8) is 0 Å². The van der Waals surface area contributed by atoms with E-state index in [1.165, 1.54) is 0 Å². The second-order valence-corrected chi connectivity index (χ2v) is 1.64. The van der Waals surface area contributed by atoms with E-state index in [4.69, 9.17) is 0 Å². The largest absolute Gasteiger partial charge is 0.245 e. The monoisotopic (exact) mass is 124 g/mol. The van der Waals surface area contributed by atoms with Gasteiger partial charge in [-0.3, -0.25) is 0 Å². The summed E-state index contributed by atoms with van der Waals surface area (Å²) in [6, 6.07) is 0. The van der Waals surface area contributed by atoms with Crippen LogP contribution in [0, 0.1) is 0 Å². The molecule has 0 aliphatic rings. The maximum absolute atomic E-state index is 9.62. The summed E-state index contributed by atoms with van der Waals surface area (Å²) in [4.78, 5) is 2.00. The lowest BCUT2D eigenvalue weighted by molar-refractivity contribution is 0.581. The van der Waals surface area contributed by atoms with Gasteiger partial charge in [0.1, 0.15) is 0 Å². The lowest BCUT2D eigenvalue weighted by Gasteiger charge is -1.90. The summed E-state index contributed by atoms with van der Waals surface area (Å²) in [5, 5.41) is 0. The first-order valence-electron chi connectivity index (χ1n) is 1.90. The topological polar surface area (TPSA) is 58.2 Å². The summed E-state index contributed by atoms with van der Waals surface area (Å²) in [7, 11) is -2.47. The zero-order valence-corrected chi connectivity index (χ0v) is 4.87. The van der Waals surface area contributed by atoms with Gasteiger partial charge < -0.3 is 0 Å². The molecule has 2 N–H and O–H groups in total. The molecule has 0 aromatic carbocycles. The molecule has 0 rings (SSSR count). The van der Waals surface area contributed by atoms with E-state index in [-0.39, 0.29) is 0 Å². The van der Waals surface area contributed by atoms with E-state index in [2.05, 4.69) is 5.43 Å². The predicted molar refractivity (Wildman–Crippen MR) is 27.1 cm³/mol. The van der Waals surface area contributed by atoms with E-state index in [1.807, 2.05) is 4.83 Å². The maximum Gasteiger partial charge on any atom is 0.214 e. The van der Waals surface area contributed by atoms with E-state index >= 15 is 0 Å². The molecule has 0 bridgehead atoms.